The molecule has 0 radical (unpaired) electrons. The maximum absolute atomic E-state index is 13.9. The number of fused-ring (bicyclic) bond motifs is 7. The molecule has 0 saturated heterocycles. The van der Waals surface area contributed by atoms with Crippen molar-refractivity contribution in [3.63, 3.8) is 0 Å². The highest BCUT2D eigenvalue weighted by Gasteiger charge is 2.67. The number of benzene rings is 1. The molecule has 0 aromatic heterocycles. The van der Waals surface area contributed by atoms with Crippen LogP contribution in [0, 0.1) is 51.2 Å². The van der Waals surface area contributed by atoms with E-state index in [2.05, 4.69) is 33.0 Å². The van der Waals surface area contributed by atoms with Gasteiger partial charge in [0.25, 0.3) is 0 Å². The smallest absolute Gasteiger partial charge is 0.335 e. The molecule has 0 aliphatic heterocycles. The van der Waals surface area contributed by atoms with Gasteiger partial charge in [-0.2, -0.15) is 0 Å². The van der Waals surface area contributed by atoms with E-state index in [1.165, 1.54) is 32.1 Å². The van der Waals surface area contributed by atoms with Gasteiger partial charge < -0.3 is 10.4 Å². The summed E-state index contributed by atoms with van der Waals surface area (Å²) in [5, 5.41) is 12.6. The van der Waals surface area contributed by atoms with Crippen LogP contribution in [0.4, 0.5) is 0 Å². The molecule has 8 unspecified atom stereocenters. The Kier molecular flexibility index (Phi) is 6.78. The molecule has 5 aliphatic carbocycles. The molecule has 8 atom stereocenters. The molecular formula is C35H49NO4. The summed E-state index contributed by atoms with van der Waals surface area (Å²) in [6.07, 6.45) is 12.9. The van der Waals surface area contributed by atoms with Gasteiger partial charge in [0.2, 0.25) is 5.91 Å². The average molecular weight is 548 g/mol. The Balaban J connectivity index is 1.17. The molecule has 0 spiro atoms. The molecule has 0 bridgehead atoms. The van der Waals surface area contributed by atoms with E-state index in [1.807, 2.05) is 6.07 Å². The molecule has 1 amide bonds. The van der Waals surface area contributed by atoms with Gasteiger partial charge in [0.1, 0.15) is 5.78 Å². The molecule has 5 nitrogen and oxygen atoms in total. The van der Waals surface area contributed by atoms with E-state index in [9.17, 15) is 19.5 Å². The zero-order chi connectivity index (χ0) is 28.5. The lowest BCUT2D eigenvalue weighted by Gasteiger charge is -2.68. The SMILES string of the molecule is CC1(C)C(=O)CCC2(C)C1CCC1(C)C3CCC4(C(=O)NCCc5cccc(C(=O)O)c5)CCCC4C3CCC12. The number of carbonyl (C=O) groups is 3. The summed E-state index contributed by atoms with van der Waals surface area (Å²) in [6, 6.07) is 7.05. The molecule has 218 valence electrons. The largest absolute Gasteiger partial charge is 0.478 e. The normalized spacial score (nSPS) is 41.7. The number of Topliss-reactive ketones (excluding diaryl/α,β-unsaturated/α-hetero) is 1. The van der Waals surface area contributed by atoms with Crippen LogP contribution in [0.3, 0.4) is 0 Å². The number of rotatable bonds is 5. The van der Waals surface area contributed by atoms with Gasteiger partial charge in [-0.15, -0.1) is 0 Å². The van der Waals surface area contributed by atoms with Crippen LogP contribution in [0.1, 0.15) is 114 Å². The zero-order valence-corrected chi connectivity index (χ0v) is 25.1. The average Bonchev–Trinajstić information content (AvgIpc) is 3.37. The Morgan fingerprint density at radius 1 is 0.900 bits per heavy atom. The van der Waals surface area contributed by atoms with Crippen molar-refractivity contribution >= 4 is 17.7 Å². The van der Waals surface area contributed by atoms with Crippen LogP contribution in [-0.4, -0.2) is 29.3 Å². The van der Waals surface area contributed by atoms with E-state index in [1.54, 1.807) is 18.2 Å². The number of nitrogens with one attached hydrogen (secondary N) is 1. The Morgan fingerprint density at radius 2 is 1.70 bits per heavy atom. The number of carbonyl (C=O) groups excluding carboxylic acids is 2. The van der Waals surface area contributed by atoms with Crippen molar-refractivity contribution in [1.29, 1.82) is 0 Å². The standard InChI is InChI=1S/C35H49NO4/c1-32(2)27-13-17-33(3)25-12-19-35(31(40)36-20-15-22-7-5-8-23(21-22)30(38)39)16-6-9-26(35)24(25)10-11-28(33)34(27,4)18-14-29(32)37/h5,7-8,21,24-28H,6,9-20H2,1-4H3,(H,36,40)(H,38,39). The van der Waals surface area contributed by atoms with E-state index in [0.29, 0.717) is 59.3 Å². The van der Waals surface area contributed by atoms with Gasteiger partial charge in [-0.05, 0) is 122 Å². The molecular weight excluding hydrogens is 498 g/mol. The second kappa shape index (κ2) is 9.70. The maximum Gasteiger partial charge on any atom is 0.335 e. The Morgan fingerprint density at radius 3 is 2.48 bits per heavy atom. The summed E-state index contributed by atoms with van der Waals surface area (Å²) in [5.74, 6) is 2.78. The fraction of sp³-hybridized carbons (Fsp3) is 0.743. The zero-order valence-electron chi connectivity index (χ0n) is 25.1. The van der Waals surface area contributed by atoms with E-state index in [0.717, 1.165) is 44.1 Å². The van der Waals surface area contributed by atoms with Crippen LogP contribution in [0.5, 0.6) is 0 Å². The van der Waals surface area contributed by atoms with Gasteiger partial charge >= 0.3 is 5.97 Å². The Bertz CT molecular complexity index is 1210. The fourth-order valence-electron chi connectivity index (χ4n) is 11.8. The number of aromatic carboxylic acids is 1. The molecule has 6 rings (SSSR count). The summed E-state index contributed by atoms with van der Waals surface area (Å²) in [5.41, 5.74) is 1.37. The predicted molar refractivity (Wildman–Crippen MR) is 156 cm³/mol. The minimum Gasteiger partial charge on any atom is -0.478 e. The van der Waals surface area contributed by atoms with Crippen molar-refractivity contribution in [1.82, 2.24) is 5.32 Å². The third-order valence-electron chi connectivity index (χ3n) is 13.6. The van der Waals surface area contributed by atoms with Gasteiger partial charge in [-0.3, -0.25) is 9.59 Å². The minimum absolute atomic E-state index is 0.203. The molecule has 2 N–H and O–H groups in total. The number of carboxylic acid groups (broad SMARTS) is 1. The van der Waals surface area contributed by atoms with Crippen molar-refractivity contribution in [2.45, 2.75) is 105 Å². The lowest BCUT2D eigenvalue weighted by molar-refractivity contribution is -0.197. The first kappa shape index (κ1) is 28.0. The Hall–Kier alpha value is -2.17. The number of hydrogen-bond acceptors (Lipinski definition) is 3. The molecule has 0 heterocycles. The molecule has 1 aromatic carbocycles. The monoisotopic (exact) mass is 547 g/mol. The highest BCUT2D eigenvalue weighted by atomic mass is 16.4. The van der Waals surface area contributed by atoms with Crippen LogP contribution in [-0.2, 0) is 16.0 Å². The summed E-state index contributed by atoms with van der Waals surface area (Å²) in [4.78, 5) is 38.2. The molecule has 40 heavy (non-hydrogen) atoms. The lowest BCUT2D eigenvalue weighted by atomic mass is 9.36. The quantitative estimate of drug-likeness (QED) is 0.413. The molecule has 5 heteroatoms. The third kappa shape index (κ3) is 4.03. The molecule has 5 aliphatic rings. The van der Waals surface area contributed by atoms with Gasteiger partial charge in [0.05, 0.1) is 11.0 Å². The van der Waals surface area contributed by atoms with Crippen LogP contribution in [0.25, 0.3) is 0 Å². The van der Waals surface area contributed by atoms with Crippen molar-refractivity contribution in [3.8, 4) is 0 Å². The van der Waals surface area contributed by atoms with Crippen molar-refractivity contribution < 1.29 is 19.5 Å². The highest BCUT2D eigenvalue weighted by molar-refractivity contribution is 5.88. The highest BCUT2D eigenvalue weighted by Crippen LogP contribution is 2.72. The second-order valence-electron chi connectivity index (χ2n) is 15.4. The van der Waals surface area contributed by atoms with Crippen LogP contribution in [0.15, 0.2) is 24.3 Å². The van der Waals surface area contributed by atoms with Crippen LogP contribution < -0.4 is 5.32 Å². The van der Waals surface area contributed by atoms with Crippen LogP contribution in [0.2, 0.25) is 0 Å². The first-order valence-corrected chi connectivity index (χ1v) is 16.1. The number of hydrogen-bond donors (Lipinski definition) is 2. The number of amides is 1. The third-order valence-corrected chi connectivity index (χ3v) is 13.6. The van der Waals surface area contributed by atoms with Crippen LogP contribution >= 0.6 is 0 Å². The first-order valence-electron chi connectivity index (χ1n) is 16.1. The molecule has 5 fully saturated rings. The topological polar surface area (TPSA) is 83.5 Å². The summed E-state index contributed by atoms with van der Waals surface area (Å²) in [6.45, 7) is 10.1. The van der Waals surface area contributed by atoms with Crippen molar-refractivity contribution in [3.05, 3.63) is 35.4 Å². The van der Waals surface area contributed by atoms with Gasteiger partial charge in [-0.25, -0.2) is 4.79 Å². The predicted octanol–water partition coefficient (Wildman–Crippen LogP) is 7.08. The Labute approximate surface area is 240 Å². The van der Waals surface area contributed by atoms with E-state index < -0.39 is 5.97 Å². The van der Waals surface area contributed by atoms with E-state index in [4.69, 9.17) is 0 Å². The molecule has 1 aromatic rings. The van der Waals surface area contributed by atoms with Gasteiger partial charge in [0, 0.05) is 18.4 Å². The summed E-state index contributed by atoms with van der Waals surface area (Å²) < 4.78 is 0. The number of carboxylic acids is 1. The van der Waals surface area contributed by atoms with E-state index >= 15 is 0 Å². The summed E-state index contributed by atoms with van der Waals surface area (Å²) in [7, 11) is 0. The number of ketones is 1. The first-order chi connectivity index (χ1) is 18.9. The van der Waals surface area contributed by atoms with Crippen molar-refractivity contribution in [2.24, 2.45) is 51.2 Å². The fourth-order valence-corrected chi connectivity index (χ4v) is 11.8. The maximum atomic E-state index is 13.9. The van der Waals surface area contributed by atoms with Gasteiger partial charge in [0.15, 0.2) is 0 Å². The van der Waals surface area contributed by atoms with Gasteiger partial charge in [-0.1, -0.05) is 46.2 Å². The van der Waals surface area contributed by atoms with Crippen molar-refractivity contribution in [2.75, 3.05) is 6.54 Å². The molecule has 5 saturated carbocycles. The summed E-state index contributed by atoms with van der Waals surface area (Å²) >= 11 is 0. The van der Waals surface area contributed by atoms with E-state index in [-0.39, 0.29) is 22.2 Å². The lowest BCUT2D eigenvalue weighted by Crippen LogP contribution is -2.63. The second-order valence-corrected chi connectivity index (χ2v) is 15.4. The minimum atomic E-state index is -0.915.